The lowest BCUT2D eigenvalue weighted by Crippen LogP contribution is -1.95. The Morgan fingerprint density at radius 1 is 0.692 bits per heavy atom. The van der Waals surface area contributed by atoms with E-state index in [0.29, 0.717) is 0 Å². The van der Waals surface area contributed by atoms with Crippen LogP contribution in [-0.2, 0) is 0 Å². The highest BCUT2D eigenvalue weighted by molar-refractivity contribution is 8.08. The molecule has 0 saturated carbocycles. The topological polar surface area (TPSA) is 17.8 Å². The lowest BCUT2D eigenvalue weighted by molar-refractivity contribution is 1.01. The molecule has 1 aliphatic heterocycles. The van der Waals surface area contributed by atoms with E-state index in [1.54, 1.807) is 11.8 Å². The molecule has 0 aliphatic carbocycles. The second kappa shape index (κ2) is 6.36. The van der Waals surface area contributed by atoms with Crippen LogP contribution in [-0.4, -0.2) is 9.55 Å². The van der Waals surface area contributed by atoms with Crippen molar-refractivity contribution in [3.8, 4) is 16.9 Å². The predicted octanol–water partition coefficient (Wildman–Crippen LogP) is 6.14. The van der Waals surface area contributed by atoms with Crippen LogP contribution in [0.4, 0.5) is 0 Å². The summed E-state index contributed by atoms with van der Waals surface area (Å²) in [7, 11) is 0. The molecule has 1 aliphatic rings. The Labute approximate surface area is 156 Å². The third-order valence-electron chi connectivity index (χ3n) is 4.47. The Morgan fingerprint density at radius 3 is 2.12 bits per heavy atom. The van der Waals surface area contributed by atoms with E-state index in [0.717, 1.165) is 17.1 Å². The van der Waals surface area contributed by atoms with Gasteiger partial charge in [0, 0.05) is 21.6 Å². The number of fused-ring (bicyclic) bond motifs is 3. The molecule has 0 amide bonds. The van der Waals surface area contributed by atoms with Gasteiger partial charge in [-0.1, -0.05) is 84.6 Å². The van der Waals surface area contributed by atoms with Crippen molar-refractivity contribution in [1.82, 2.24) is 9.55 Å². The van der Waals surface area contributed by atoms with Crippen LogP contribution >= 0.6 is 11.8 Å². The number of benzene rings is 3. The fourth-order valence-corrected chi connectivity index (χ4v) is 4.26. The van der Waals surface area contributed by atoms with E-state index in [1.165, 1.54) is 21.1 Å². The molecule has 0 radical (unpaired) electrons. The third-order valence-corrected chi connectivity index (χ3v) is 5.60. The van der Waals surface area contributed by atoms with Gasteiger partial charge in [0.2, 0.25) is 0 Å². The number of imidazole rings is 1. The minimum atomic E-state index is 0.958. The Balaban J connectivity index is 1.72. The van der Waals surface area contributed by atoms with E-state index in [1.807, 2.05) is 12.1 Å². The monoisotopic (exact) mass is 352 g/mol. The SMILES string of the molecule is C1=C(c2ccccc2)Sc2ccccc2-n2cc(-c3ccccc3)nc21. The summed E-state index contributed by atoms with van der Waals surface area (Å²) < 4.78 is 2.20. The molecule has 0 fully saturated rings. The van der Waals surface area contributed by atoms with Crippen LogP contribution in [0.2, 0.25) is 0 Å². The average Bonchev–Trinajstić information content (AvgIpc) is 3.06. The largest absolute Gasteiger partial charge is 0.298 e. The second-order valence-electron chi connectivity index (χ2n) is 6.16. The van der Waals surface area contributed by atoms with Gasteiger partial charge >= 0.3 is 0 Å². The first kappa shape index (κ1) is 15.2. The van der Waals surface area contributed by atoms with E-state index in [4.69, 9.17) is 4.98 Å². The van der Waals surface area contributed by atoms with Gasteiger partial charge in [0.1, 0.15) is 5.82 Å². The second-order valence-corrected chi connectivity index (χ2v) is 7.25. The maximum atomic E-state index is 4.93. The summed E-state index contributed by atoms with van der Waals surface area (Å²) in [6.45, 7) is 0. The van der Waals surface area contributed by atoms with Gasteiger partial charge < -0.3 is 0 Å². The Kier molecular flexibility index (Phi) is 3.72. The van der Waals surface area contributed by atoms with E-state index < -0.39 is 0 Å². The van der Waals surface area contributed by atoms with Crippen molar-refractivity contribution in [3.63, 3.8) is 0 Å². The van der Waals surface area contributed by atoms with Crippen LogP contribution in [0.3, 0.4) is 0 Å². The molecule has 3 heteroatoms. The number of aromatic nitrogens is 2. The van der Waals surface area contributed by atoms with Crippen LogP contribution in [0, 0.1) is 0 Å². The van der Waals surface area contributed by atoms with Gasteiger partial charge in [-0.2, -0.15) is 0 Å². The van der Waals surface area contributed by atoms with Crippen LogP contribution < -0.4 is 0 Å². The zero-order valence-electron chi connectivity index (χ0n) is 14.0. The molecule has 5 rings (SSSR count). The molecular weight excluding hydrogens is 336 g/mol. The highest BCUT2D eigenvalue weighted by atomic mass is 32.2. The summed E-state index contributed by atoms with van der Waals surface area (Å²) in [4.78, 5) is 7.37. The fraction of sp³-hybridized carbons (Fsp3) is 0. The number of hydrogen-bond donors (Lipinski definition) is 0. The molecule has 0 bridgehead atoms. The molecule has 3 aromatic carbocycles. The molecule has 0 spiro atoms. The first-order valence-electron chi connectivity index (χ1n) is 8.58. The molecule has 0 saturated heterocycles. The van der Waals surface area contributed by atoms with E-state index in [9.17, 15) is 0 Å². The highest BCUT2D eigenvalue weighted by Gasteiger charge is 2.18. The first-order valence-corrected chi connectivity index (χ1v) is 9.39. The quantitative estimate of drug-likeness (QED) is 0.431. The number of hydrogen-bond acceptors (Lipinski definition) is 2. The molecule has 0 unspecified atom stereocenters. The molecule has 26 heavy (non-hydrogen) atoms. The van der Waals surface area contributed by atoms with Gasteiger partial charge in [-0.15, -0.1) is 0 Å². The number of thioether (sulfide) groups is 1. The summed E-state index contributed by atoms with van der Waals surface area (Å²) in [6, 6.07) is 29.4. The van der Waals surface area contributed by atoms with Gasteiger partial charge in [-0.3, -0.25) is 4.57 Å². The summed E-state index contributed by atoms with van der Waals surface area (Å²) >= 11 is 1.79. The van der Waals surface area contributed by atoms with E-state index in [2.05, 4.69) is 89.6 Å². The van der Waals surface area contributed by atoms with Crippen LogP contribution in [0.5, 0.6) is 0 Å². The molecule has 0 N–H and O–H groups in total. The summed E-state index contributed by atoms with van der Waals surface area (Å²) in [6.07, 6.45) is 4.32. The summed E-state index contributed by atoms with van der Waals surface area (Å²) in [5, 5.41) is 0. The molecule has 2 nitrogen and oxygen atoms in total. The highest BCUT2D eigenvalue weighted by Crippen LogP contribution is 2.42. The smallest absolute Gasteiger partial charge is 0.139 e. The summed E-state index contributed by atoms with van der Waals surface area (Å²) in [5.74, 6) is 0.958. The van der Waals surface area contributed by atoms with Crippen LogP contribution in [0.1, 0.15) is 11.4 Å². The van der Waals surface area contributed by atoms with Crippen molar-refractivity contribution in [2.24, 2.45) is 0 Å². The zero-order valence-corrected chi connectivity index (χ0v) is 14.9. The molecule has 4 aromatic rings. The van der Waals surface area contributed by atoms with E-state index >= 15 is 0 Å². The lowest BCUT2D eigenvalue weighted by atomic mass is 10.2. The maximum Gasteiger partial charge on any atom is 0.139 e. The molecular formula is C23H16N2S. The van der Waals surface area contributed by atoms with Gasteiger partial charge in [-0.05, 0) is 23.8 Å². The standard InChI is InChI=1S/C23H16N2S/c1-3-9-17(10-4-1)19-16-25-20-13-7-8-14-21(20)26-22(15-23(25)24-19)18-11-5-2-6-12-18/h1-16H. The zero-order chi connectivity index (χ0) is 17.3. The summed E-state index contributed by atoms with van der Waals surface area (Å²) in [5.41, 5.74) is 4.51. The minimum absolute atomic E-state index is 0.958. The average molecular weight is 352 g/mol. The molecule has 1 aromatic heterocycles. The van der Waals surface area contributed by atoms with Crippen molar-refractivity contribution >= 4 is 22.7 Å². The Hall–Kier alpha value is -3.04. The normalized spacial score (nSPS) is 12.7. The molecule has 2 heterocycles. The maximum absolute atomic E-state index is 4.93. The van der Waals surface area contributed by atoms with Gasteiger partial charge in [0.05, 0.1) is 11.4 Å². The van der Waals surface area contributed by atoms with Gasteiger partial charge in [0.25, 0.3) is 0 Å². The van der Waals surface area contributed by atoms with Crippen molar-refractivity contribution < 1.29 is 0 Å². The first-order chi connectivity index (χ1) is 12.9. The number of rotatable bonds is 2. The van der Waals surface area contributed by atoms with Crippen molar-refractivity contribution in [2.75, 3.05) is 0 Å². The van der Waals surface area contributed by atoms with Crippen molar-refractivity contribution in [2.45, 2.75) is 4.90 Å². The van der Waals surface area contributed by atoms with Gasteiger partial charge in [0.15, 0.2) is 0 Å². The number of para-hydroxylation sites is 1. The van der Waals surface area contributed by atoms with Crippen molar-refractivity contribution in [1.29, 1.82) is 0 Å². The number of nitrogens with zero attached hydrogens (tertiary/aromatic N) is 2. The minimum Gasteiger partial charge on any atom is -0.298 e. The van der Waals surface area contributed by atoms with Gasteiger partial charge in [-0.25, -0.2) is 4.98 Å². The van der Waals surface area contributed by atoms with E-state index in [-0.39, 0.29) is 0 Å². The van der Waals surface area contributed by atoms with Crippen LogP contribution in [0.15, 0.2) is 96.0 Å². The fourth-order valence-electron chi connectivity index (χ4n) is 3.19. The Morgan fingerprint density at radius 2 is 1.35 bits per heavy atom. The molecule has 124 valence electrons. The Bertz CT molecular complexity index is 1100. The lowest BCUT2D eigenvalue weighted by Gasteiger charge is -2.09. The molecule has 0 atom stereocenters. The van der Waals surface area contributed by atoms with Crippen molar-refractivity contribution in [3.05, 3.63) is 103 Å². The van der Waals surface area contributed by atoms with Crippen LogP contribution in [0.25, 0.3) is 27.9 Å². The third kappa shape index (κ3) is 2.67. The predicted molar refractivity (Wildman–Crippen MR) is 109 cm³/mol.